The van der Waals surface area contributed by atoms with Crippen LogP contribution in [0.2, 0.25) is 0 Å². The molecule has 1 saturated heterocycles. The molecule has 0 radical (unpaired) electrons. The maximum Gasteiger partial charge on any atom is 0.486 e. The Bertz CT molecular complexity index is 1370. The highest BCUT2D eigenvalue weighted by Gasteiger charge is 2.79. The van der Waals surface area contributed by atoms with Crippen molar-refractivity contribution in [3.8, 4) is 5.75 Å². The van der Waals surface area contributed by atoms with Crippen molar-refractivity contribution < 1.29 is 27.4 Å². The van der Waals surface area contributed by atoms with E-state index in [9.17, 15) is 0 Å². The van der Waals surface area contributed by atoms with E-state index in [0.717, 1.165) is 0 Å². The lowest BCUT2D eigenvalue weighted by molar-refractivity contribution is -0.437. The molecule has 6 rings (SSSR count). The summed E-state index contributed by atoms with van der Waals surface area (Å²) in [6.07, 6.45) is -5.11. The molecule has 0 bridgehead atoms. The fourth-order valence-corrected chi connectivity index (χ4v) is 5.50. The van der Waals surface area contributed by atoms with Crippen molar-refractivity contribution in [2.45, 2.75) is 23.4 Å². The Morgan fingerprint density at radius 1 is 0.425 bits per heavy atom. The summed E-state index contributed by atoms with van der Waals surface area (Å²) in [6.45, 7) is 0. The predicted octanol–water partition coefficient (Wildman–Crippen LogP) is 8.22. The Morgan fingerprint density at radius 3 is 0.975 bits per heavy atom. The van der Waals surface area contributed by atoms with Gasteiger partial charge in [0.05, 0.1) is 0 Å². The number of para-hydroxylation sites is 1. The molecule has 0 amide bonds. The molecule has 0 unspecified atom stereocenters. The quantitative estimate of drug-likeness (QED) is 0.218. The van der Waals surface area contributed by atoms with E-state index in [0.29, 0.717) is 22.3 Å². The first kappa shape index (κ1) is 25.9. The van der Waals surface area contributed by atoms with Gasteiger partial charge in [0, 0.05) is 0 Å². The Kier molecular flexibility index (Phi) is 6.45. The second kappa shape index (κ2) is 9.97. The Labute approximate surface area is 230 Å². The number of ether oxygens (including phenoxy) is 3. The molecule has 1 fully saturated rings. The van der Waals surface area contributed by atoms with Crippen molar-refractivity contribution in [2.75, 3.05) is 0 Å². The van der Waals surface area contributed by atoms with Crippen molar-refractivity contribution in [3.63, 3.8) is 0 Å². The number of alkyl halides is 3. The first-order valence-electron chi connectivity index (χ1n) is 12.8. The van der Waals surface area contributed by atoms with Crippen LogP contribution >= 0.6 is 0 Å². The molecule has 40 heavy (non-hydrogen) atoms. The van der Waals surface area contributed by atoms with Gasteiger partial charge in [0.15, 0.2) is 11.2 Å². The Balaban J connectivity index is 1.77. The van der Waals surface area contributed by atoms with Crippen LogP contribution in [0, 0.1) is 0 Å². The predicted molar refractivity (Wildman–Crippen MR) is 145 cm³/mol. The van der Waals surface area contributed by atoms with Gasteiger partial charge in [0.25, 0.3) is 0 Å². The molecule has 5 aromatic carbocycles. The zero-order chi connectivity index (χ0) is 27.7. The molecule has 0 atom stereocenters. The maximum atomic E-state index is 15.5. The van der Waals surface area contributed by atoms with Crippen molar-refractivity contribution >= 4 is 0 Å². The minimum absolute atomic E-state index is 0.0493. The van der Waals surface area contributed by atoms with Crippen molar-refractivity contribution in [2.24, 2.45) is 0 Å². The summed E-state index contributed by atoms with van der Waals surface area (Å²) in [5.74, 6) is -3.53. The SMILES string of the molecule is FC(F)(F)C1(Oc2ccccc2)OC(c2ccccc2)(c2ccccc2)C(c2ccccc2)(c2ccccc2)O1. The van der Waals surface area contributed by atoms with Crippen LogP contribution in [0.4, 0.5) is 13.2 Å². The molecule has 5 aromatic rings. The fourth-order valence-electron chi connectivity index (χ4n) is 5.50. The van der Waals surface area contributed by atoms with Gasteiger partial charge >= 0.3 is 12.1 Å². The molecule has 6 heteroatoms. The summed E-state index contributed by atoms with van der Waals surface area (Å²) < 4.78 is 65.0. The lowest BCUT2D eigenvalue weighted by Gasteiger charge is -2.43. The highest BCUT2D eigenvalue weighted by Crippen LogP contribution is 2.64. The van der Waals surface area contributed by atoms with Gasteiger partial charge in [-0.05, 0) is 34.4 Å². The summed E-state index contributed by atoms with van der Waals surface area (Å²) in [4.78, 5) is 0. The van der Waals surface area contributed by atoms with E-state index in [1.54, 1.807) is 115 Å². The number of halogens is 3. The van der Waals surface area contributed by atoms with E-state index >= 15 is 13.2 Å². The largest absolute Gasteiger partial charge is 0.486 e. The zero-order valence-electron chi connectivity index (χ0n) is 21.3. The van der Waals surface area contributed by atoms with E-state index < -0.39 is 23.4 Å². The van der Waals surface area contributed by atoms with Crippen LogP contribution in [0.3, 0.4) is 0 Å². The van der Waals surface area contributed by atoms with E-state index in [1.807, 2.05) is 24.3 Å². The summed E-state index contributed by atoms with van der Waals surface area (Å²) in [6, 6.07) is 43.2. The van der Waals surface area contributed by atoms with E-state index in [-0.39, 0.29) is 5.75 Å². The average molecular weight is 539 g/mol. The van der Waals surface area contributed by atoms with Gasteiger partial charge in [-0.25, -0.2) is 0 Å². The average Bonchev–Trinajstić information content (AvgIpc) is 3.34. The molecule has 200 valence electrons. The monoisotopic (exact) mass is 538 g/mol. The lowest BCUT2D eigenvalue weighted by atomic mass is 9.66. The second-order valence-corrected chi connectivity index (χ2v) is 9.50. The van der Waals surface area contributed by atoms with Gasteiger partial charge in [-0.2, -0.15) is 13.2 Å². The van der Waals surface area contributed by atoms with Gasteiger partial charge in [0.2, 0.25) is 0 Å². The maximum absolute atomic E-state index is 15.5. The van der Waals surface area contributed by atoms with E-state index in [2.05, 4.69) is 0 Å². The molecule has 0 saturated carbocycles. The molecule has 1 aliphatic rings. The third kappa shape index (κ3) is 3.99. The Morgan fingerprint density at radius 2 is 0.700 bits per heavy atom. The van der Waals surface area contributed by atoms with Gasteiger partial charge in [-0.1, -0.05) is 140 Å². The minimum atomic E-state index is -5.11. The molecule has 3 nitrogen and oxygen atoms in total. The summed E-state index contributed by atoms with van der Waals surface area (Å²) >= 11 is 0. The van der Waals surface area contributed by atoms with Gasteiger partial charge < -0.3 is 4.74 Å². The third-order valence-electron chi connectivity index (χ3n) is 7.13. The lowest BCUT2D eigenvalue weighted by Crippen LogP contribution is -2.53. The number of benzene rings is 5. The molecule has 0 spiro atoms. The summed E-state index contributed by atoms with van der Waals surface area (Å²) in [5.41, 5.74) is -1.81. The first-order chi connectivity index (χ1) is 19.4. The molecular formula is C34H25F3O3. The highest BCUT2D eigenvalue weighted by molar-refractivity contribution is 5.52. The first-order valence-corrected chi connectivity index (χ1v) is 12.8. The van der Waals surface area contributed by atoms with Crippen LogP contribution in [0.1, 0.15) is 22.3 Å². The molecule has 1 aliphatic heterocycles. The Hall–Kier alpha value is -4.39. The normalized spacial score (nSPS) is 17.3. The summed E-state index contributed by atoms with van der Waals surface area (Å²) in [7, 11) is 0. The minimum Gasteiger partial charge on any atom is -0.432 e. The van der Waals surface area contributed by atoms with Gasteiger partial charge in [0.1, 0.15) is 5.75 Å². The number of rotatable bonds is 6. The van der Waals surface area contributed by atoms with Crippen LogP contribution in [0.25, 0.3) is 0 Å². The molecule has 0 aliphatic carbocycles. The topological polar surface area (TPSA) is 27.7 Å². The standard InChI is InChI=1S/C34H25F3O3/c35-33(36,37)34(38-30-24-14-5-15-25-30)39-31(26-16-6-1-7-17-26,27-18-8-2-9-19-27)32(40-34,28-20-10-3-11-21-28)29-22-12-4-13-23-29/h1-25H. The molecule has 1 heterocycles. The van der Waals surface area contributed by atoms with E-state index in [4.69, 9.17) is 14.2 Å². The van der Waals surface area contributed by atoms with Crippen LogP contribution in [0.15, 0.2) is 152 Å². The van der Waals surface area contributed by atoms with E-state index in [1.165, 1.54) is 12.1 Å². The fraction of sp³-hybridized carbons (Fsp3) is 0.118. The molecule has 0 N–H and O–H groups in total. The van der Waals surface area contributed by atoms with Crippen molar-refractivity contribution in [1.82, 2.24) is 0 Å². The zero-order valence-corrected chi connectivity index (χ0v) is 21.3. The summed E-state index contributed by atoms with van der Waals surface area (Å²) in [5, 5.41) is 0. The number of hydrogen-bond acceptors (Lipinski definition) is 3. The second-order valence-electron chi connectivity index (χ2n) is 9.50. The van der Waals surface area contributed by atoms with Gasteiger partial charge in [-0.15, -0.1) is 0 Å². The van der Waals surface area contributed by atoms with Crippen molar-refractivity contribution in [3.05, 3.63) is 174 Å². The van der Waals surface area contributed by atoms with Crippen LogP contribution < -0.4 is 4.74 Å². The van der Waals surface area contributed by atoms with Crippen LogP contribution in [-0.2, 0) is 20.7 Å². The van der Waals surface area contributed by atoms with Crippen LogP contribution in [-0.4, -0.2) is 12.1 Å². The smallest absolute Gasteiger partial charge is 0.432 e. The third-order valence-corrected chi connectivity index (χ3v) is 7.13. The number of hydrogen-bond donors (Lipinski definition) is 0. The van der Waals surface area contributed by atoms with Gasteiger partial charge in [-0.3, -0.25) is 9.47 Å². The molecule has 0 aromatic heterocycles. The highest BCUT2D eigenvalue weighted by atomic mass is 19.4. The molecular weight excluding hydrogens is 513 g/mol. The van der Waals surface area contributed by atoms with Crippen molar-refractivity contribution in [1.29, 1.82) is 0 Å². The van der Waals surface area contributed by atoms with Crippen LogP contribution in [0.5, 0.6) is 5.75 Å².